The van der Waals surface area contributed by atoms with Gasteiger partial charge in [-0.15, -0.1) is 12.4 Å². The second kappa shape index (κ2) is 5.84. The van der Waals surface area contributed by atoms with Crippen molar-refractivity contribution in [3.8, 4) is 5.75 Å². The molecule has 1 aromatic carbocycles. The fourth-order valence-corrected chi connectivity index (χ4v) is 1.33. The van der Waals surface area contributed by atoms with Gasteiger partial charge in [-0.3, -0.25) is 0 Å². The Bertz CT molecular complexity index is 263. The van der Waals surface area contributed by atoms with E-state index in [2.05, 4.69) is 24.4 Å². The molecule has 13 heavy (non-hydrogen) atoms. The van der Waals surface area contributed by atoms with E-state index < -0.39 is 0 Å². The summed E-state index contributed by atoms with van der Waals surface area (Å²) in [6.45, 7) is 2.91. The summed E-state index contributed by atoms with van der Waals surface area (Å²) in [6, 6.07) is 6.17. The third-order valence-electron chi connectivity index (χ3n) is 1.86. The number of hydrogen-bond acceptors (Lipinski definition) is 2. The lowest BCUT2D eigenvalue weighted by Gasteiger charge is -2.10. The molecule has 0 atom stereocenters. The van der Waals surface area contributed by atoms with Gasteiger partial charge in [0.25, 0.3) is 0 Å². The maximum absolute atomic E-state index is 5.29. The topological polar surface area (TPSA) is 21.3 Å². The molecule has 1 aromatic rings. The van der Waals surface area contributed by atoms with Gasteiger partial charge in [0.2, 0.25) is 0 Å². The zero-order valence-electron chi connectivity index (χ0n) is 8.26. The summed E-state index contributed by atoms with van der Waals surface area (Å²) in [7, 11) is 3.64. The molecule has 0 amide bonds. The average molecular weight is 202 g/mol. The third-order valence-corrected chi connectivity index (χ3v) is 1.86. The number of methoxy groups -OCH3 is 1. The Hall–Kier alpha value is -0.730. The van der Waals surface area contributed by atoms with E-state index in [-0.39, 0.29) is 12.4 Å². The Morgan fingerprint density at radius 3 is 2.62 bits per heavy atom. The predicted molar refractivity (Wildman–Crippen MR) is 57.7 cm³/mol. The second-order valence-electron chi connectivity index (χ2n) is 2.80. The highest BCUT2D eigenvalue weighted by Gasteiger charge is 2.03. The van der Waals surface area contributed by atoms with Crippen molar-refractivity contribution < 1.29 is 4.74 Å². The molecule has 3 heteroatoms. The minimum absolute atomic E-state index is 0. The molecule has 0 unspecified atom stereocenters. The summed E-state index contributed by atoms with van der Waals surface area (Å²) in [5.41, 5.74) is 2.39. The number of para-hydroxylation sites is 1. The number of aryl methyl sites for hydroxylation is 1. The van der Waals surface area contributed by atoms with Crippen LogP contribution in [0.4, 0.5) is 0 Å². The van der Waals surface area contributed by atoms with Gasteiger partial charge in [-0.1, -0.05) is 18.2 Å². The molecule has 0 aromatic heterocycles. The lowest BCUT2D eigenvalue weighted by atomic mass is 10.1. The maximum atomic E-state index is 5.29. The van der Waals surface area contributed by atoms with Crippen LogP contribution in [0.15, 0.2) is 18.2 Å². The Morgan fingerprint density at radius 2 is 2.08 bits per heavy atom. The Kier molecular flexibility index (Phi) is 5.51. The fourth-order valence-electron chi connectivity index (χ4n) is 1.33. The Labute approximate surface area is 85.7 Å². The second-order valence-corrected chi connectivity index (χ2v) is 2.80. The van der Waals surface area contributed by atoms with E-state index in [0.717, 1.165) is 12.3 Å². The van der Waals surface area contributed by atoms with Crippen molar-refractivity contribution in [3.05, 3.63) is 29.3 Å². The molecule has 0 heterocycles. The summed E-state index contributed by atoms with van der Waals surface area (Å²) in [5.74, 6) is 0.992. The fraction of sp³-hybridized carbons (Fsp3) is 0.400. The van der Waals surface area contributed by atoms with Crippen LogP contribution in [-0.4, -0.2) is 14.2 Å². The molecule has 74 valence electrons. The van der Waals surface area contributed by atoms with Crippen LogP contribution >= 0.6 is 12.4 Å². The molecule has 0 aliphatic carbocycles. The first-order valence-electron chi connectivity index (χ1n) is 4.06. The molecule has 0 spiro atoms. The van der Waals surface area contributed by atoms with Crippen LogP contribution in [0, 0.1) is 6.92 Å². The van der Waals surface area contributed by atoms with Crippen LogP contribution in [0.5, 0.6) is 5.75 Å². The molecule has 0 bridgehead atoms. The van der Waals surface area contributed by atoms with E-state index in [0.29, 0.717) is 0 Å². The molecule has 1 N–H and O–H groups in total. The highest BCUT2D eigenvalue weighted by molar-refractivity contribution is 5.85. The van der Waals surface area contributed by atoms with Gasteiger partial charge in [-0.25, -0.2) is 0 Å². The molecule has 0 fully saturated rings. The Morgan fingerprint density at radius 1 is 1.38 bits per heavy atom. The lowest BCUT2D eigenvalue weighted by molar-refractivity contribution is 0.405. The first kappa shape index (κ1) is 12.3. The van der Waals surface area contributed by atoms with Crippen LogP contribution in [0.1, 0.15) is 11.1 Å². The molecule has 0 aliphatic rings. The minimum Gasteiger partial charge on any atom is -0.496 e. The van der Waals surface area contributed by atoms with Crippen molar-refractivity contribution >= 4 is 12.4 Å². The van der Waals surface area contributed by atoms with E-state index >= 15 is 0 Å². The van der Waals surface area contributed by atoms with E-state index in [1.165, 1.54) is 11.1 Å². The van der Waals surface area contributed by atoms with Crippen LogP contribution < -0.4 is 10.1 Å². The van der Waals surface area contributed by atoms with Crippen LogP contribution in [0.3, 0.4) is 0 Å². The predicted octanol–water partition coefficient (Wildman–Crippen LogP) is 2.14. The van der Waals surface area contributed by atoms with Crippen LogP contribution in [0.2, 0.25) is 0 Å². The number of nitrogens with one attached hydrogen (secondary N) is 1. The minimum atomic E-state index is 0. The zero-order chi connectivity index (χ0) is 8.97. The number of ether oxygens (including phenoxy) is 1. The third kappa shape index (κ3) is 2.90. The van der Waals surface area contributed by atoms with Gasteiger partial charge in [0.15, 0.2) is 0 Å². The molecule has 2 nitrogen and oxygen atoms in total. The van der Waals surface area contributed by atoms with Crippen molar-refractivity contribution in [2.45, 2.75) is 13.5 Å². The average Bonchev–Trinajstić information content (AvgIpc) is 2.05. The van der Waals surface area contributed by atoms with Gasteiger partial charge in [-0.2, -0.15) is 0 Å². The van der Waals surface area contributed by atoms with Gasteiger partial charge in [0, 0.05) is 12.1 Å². The van der Waals surface area contributed by atoms with E-state index in [1.807, 2.05) is 13.1 Å². The van der Waals surface area contributed by atoms with Gasteiger partial charge in [0.1, 0.15) is 5.75 Å². The molecule has 1 rings (SSSR count). The highest BCUT2D eigenvalue weighted by Crippen LogP contribution is 2.22. The largest absolute Gasteiger partial charge is 0.496 e. The van der Waals surface area contributed by atoms with Gasteiger partial charge in [-0.05, 0) is 19.5 Å². The van der Waals surface area contributed by atoms with Crippen molar-refractivity contribution in [2.24, 2.45) is 0 Å². The van der Waals surface area contributed by atoms with E-state index in [4.69, 9.17) is 4.74 Å². The van der Waals surface area contributed by atoms with Crippen LogP contribution in [0.25, 0.3) is 0 Å². The number of rotatable bonds is 3. The molecular formula is C10H16ClNO. The summed E-state index contributed by atoms with van der Waals surface area (Å²) in [6.07, 6.45) is 0. The summed E-state index contributed by atoms with van der Waals surface area (Å²) >= 11 is 0. The van der Waals surface area contributed by atoms with Crippen molar-refractivity contribution in [1.29, 1.82) is 0 Å². The number of hydrogen-bond donors (Lipinski definition) is 1. The molecular weight excluding hydrogens is 186 g/mol. The molecule has 0 saturated heterocycles. The normalized spacial score (nSPS) is 9.15. The highest BCUT2D eigenvalue weighted by atomic mass is 35.5. The number of benzene rings is 1. The quantitative estimate of drug-likeness (QED) is 0.809. The van der Waals surface area contributed by atoms with Gasteiger partial charge < -0.3 is 10.1 Å². The smallest absolute Gasteiger partial charge is 0.126 e. The van der Waals surface area contributed by atoms with Gasteiger partial charge >= 0.3 is 0 Å². The van der Waals surface area contributed by atoms with Gasteiger partial charge in [0.05, 0.1) is 7.11 Å². The van der Waals surface area contributed by atoms with Crippen molar-refractivity contribution in [2.75, 3.05) is 14.2 Å². The number of halogens is 1. The van der Waals surface area contributed by atoms with Crippen LogP contribution in [-0.2, 0) is 6.54 Å². The molecule has 0 radical (unpaired) electrons. The first-order valence-corrected chi connectivity index (χ1v) is 4.06. The lowest BCUT2D eigenvalue weighted by Crippen LogP contribution is -2.07. The van der Waals surface area contributed by atoms with E-state index in [1.54, 1.807) is 7.11 Å². The summed E-state index contributed by atoms with van der Waals surface area (Å²) in [4.78, 5) is 0. The molecule has 0 aliphatic heterocycles. The molecule has 0 saturated carbocycles. The maximum Gasteiger partial charge on any atom is 0.126 e. The van der Waals surface area contributed by atoms with E-state index in [9.17, 15) is 0 Å². The van der Waals surface area contributed by atoms with Crippen molar-refractivity contribution in [3.63, 3.8) is 0 Å². The van der Waals surface area contributed by atoms with Crippen molar-refractivity contribution in [1.82, 2.24) is 5.32 Å². The first-order chi connectivity index (χ1) is 5.79. The standard InChI is InChI=1S/C10H15NO.ClH/c1-8-5-4-6-9(7-11-2)10(8)12-3;/h4-6,11H,7H2,1-3H3;1H. The monoisotopic (exact) mass is 201 g/mol. The summed E-state index contributed by atoms with van der Waals surface area (Å²) in [5, 5.41) is 3.11. The summed E-state index contributed by atoms with van der Waals surface area (Å²) < 4.78 is 5.29. The Balaban J connectivity index is 0.00000144. The SMILES string of the molecule is CNCc1cccc(C)c1OC.Cl. The zero-order valence-corrected chi connectivity index (χ0v) is 9.07.